The van der Waals surface area contributed by atoms with Crippen LogP contribution in [0.25, 0.3) is 0 Å². The number of carbonyl (C=O) groups excluding carboxylic acids is 3. The number of hydrogen-bond acceptors (Lipinski definition) is 9. The Hall–Kier alpha value is -2.87. The predicted molar refractivity (Wildman–Crippen MR) is 120 cm³/mol. The SMILES string of the molecule is CC(O)C(N)C(=O)NC(C(=O)NC(CS)C(=O)NC(Cc1ccc(O)cc1)C(=O)O)C(C)O. The van der Waals surface area contributed by atoms with E-state index in [1.54, 1.807) is 0 Å². The summed E-state index contributed by atoms with van der Waals surface area (Å²) in [7, 11) is 0. The molecule has 0 aliphatic rings. The minimum atomic E-state index is -1.50. The number of aliphatic carboxylic acids is 1. The average molecular weight is 487 g/mol. The topological polar surface area (TPSA) is 211 Å². The summed E-state index contributed by atoms with van der Waals surface area (Å²) in [6, 6.07) is 0.293. The van der Waals surface area contributed by atoms with Crippen LogP contribution >= 0.6 is 12.6 Å². The predicted octanol–water partition coefficient (Wildman–Crippen LogP) is -2.51. The second kappa shape index (κ2) is 13.0. The summed E-state index contributed by atoms with van der Waals surface area (Å²) >= 11 is 4.01. The third-order valence-corrected chi connectivity index (χ3v) is 5.06. The van der Waals surface area contributed by atoms with Crippen LogP contribution in [0.4, 0.5) is 0 Å². The van der Waals surface area contributed by atoms with Crippen LogP contribution in [0.1, 0.15) is 19.4 Å². The maximum atomic E-state index is 12.6. The van der Waals surface area contributed by atoms with Crippen LogP contribution in [-0.2, 0) is 25.6 Å². The lowest BCUT2D eigenvalue weighted by Crippen LogP contribution is -2.61. The molecule has 0 heterocycles. The van der Waals surface area contributed by atoms with Gasteiger partial charge < -0.3 is 42.1 Å². The Balaban J connectivity index is 2.86. The summed E-state index contributed by atoms with van der Waals surface area (Å²) in [5.74, 6) is -4.20. The maximum absolute atomic E-state index is 12.6. The zero-order valence-electron chi connectivity index (χ0n) is 18.1. The Morgan fingerprint density at radius 3 is 1.91 bits per heavy atom. The highest BCUT2D eigenvalue weighted by Crippen LogP contribution is 2.11. The molecule has 6 atom stereocenters. The smallest absolute Gasteiger partial charge is 0.326 e. The largest absolute Gasteiger partial charge is 0.508 e. The van der Waals surface area contributed by atoms with Gasteiger partial charge in [0, 0.05) is 12.2 Å². The zero-order chi connectivity index (χ0) is 25.3. The quantitative estimate of drug-likeness (QED) is 0.143. The molecule has 6 unspecified atom stereocenters. The van der Waals surface area contributed by atoms with Crippen molar-refractivity contribution in [1.82, 2.24) is 16.0 Å². The van der Waals surface area contributed by atoms with Crippen molar-refractivity contribution >= 4 is 36.3 Å². The third kappa shape index (κ3) is 8.88. The fourth-order valence-electron chi connectivity index (χ4n) is 2.67. The van der Waals surface area contributed by atoms with E-state index in [0.29, 0.717) is 5.56 Å². The molecule has 1 aromatic rings. The molecule has 3 amide bonds. The van der Waals surface area contributed by atoms with E-state index in [2.05, 4.69) is 28.6 Å². The number of phenolic OH excluding ortho intramolecular Hbond substituents is 1. The fourth-order valence-corrected chi connectivity index (χ4v) is 2.93. The van der Waals surface area contributed by atoms with E-state index in [9.17, 15) is 39.6 Å². The first-order valence-corrected chi connectivity index (χ1v) is 10.6. The van der Waals surface area contributed by atoms with Gasteiger partial charge in [-0.3, -0.25) is 14.4 Å². The molecule has 1 rings (SSSR count). The minimum Gasteiger partial charge on any atom is -0.508 e. The molecule has 33 heavy (non-hydrogen) atoms. The summed E-state index contributed by atoms with van der Waals surface area (Å²) in [6.45, 7) is 2.51. The van der Waals surface area contributed by atoms with Crippen LogP contribution in [0.15, 0.2) is 24.3 Å². The zero-order valence-corrected chi connectivity index (χ0v) is 19.0. The maximum Gasteiger partial charge on any atom is 0.326 e. The molecule has 1 aromatic carbocycles. The molecule has 12 nitrogen and oxygen atoms in total. The first-order valence-electron chi connectivity index (χ1n) is 10.0. The number of phenols is 1. The highest BCUT2D eigenvalue weighted by Gasteiger charge is 2.32. The molecule has 13 heteroatoms. The second-order valence-electron chi connectivity index (χ2n) is 7.51. The second-order valence-corrected chi connectivity index (χ2v) is 7.87. The summed E-state index contributed by atoms with van der Waals surface area (Å²) in [5.41, 5.74) is 6.06. The summed E-state index contributed by atoms with van der Waals surface area (Å²) in [6.07, 6.45) is -2.67. The molecular weight excluding hydrogens is 456 g/mol. The molecule has 184 valence electrons. The third-order valence-electron chi connectivity index (χ3n) is 4.69. The number of hydrogen-bond donors (Lipinski definition) is 9. The van der Waals surface area contributed by atoms with Gasteiger partial charge >= 0.3 is 5.97 Å². The van der Waals surface area contributed by atoms with Gasteiger partial charge in [-0.25, -0.2) is 4.79 Å². The van der Waals surface area contributed by atoms with Crippen molar-refractivity contribution in [2.75, 3.05) is 5.75 Å². The van der Waals surface area contributed by atoms with Crippen LogP contribution in [0.2, 0.25) is 0 Å². The van der Waals surface area contributed by atoms with E-state index in [4.69, 9.17) is 5.73 Å². The molecule has 0 aliphatic carbocycles. The Morgan fingerprint density at radius 1 is 0.909 bits per heavy atom. The number of thiol groups is 1. The Kier molecular flexibility index (Phi) is 11.1. The van der Waals surface area contributed by atoms with Gasteiger partial charge in [-0.15, -0.1) is 0 Å². The van der Waals surface area contributed by atoms with Gasteiger partial charge in [0.25, 0.3) is 0 Å². The van der Waals surface area contributed by atoms with Crippen LogP contribution in [0, 0.1) is 0 Å². The molecule has 0 bridgehead atoms. The molecule has 0 aromatic heterocycles. The molecule has 0 radical (unpaired) electrons. The number of benzene rings is 1. The van der Waals surface area contributed by atoms with Gasteiger partial charge in [0.2, 0.25) is 17.7 Å². The van der Waals surface area contributed by atoms with Gasteiger partial charge in [-0.1, -0.05) is 12.1 Å². The summed E-state index contributed by atoms with van der Waals surface area (Å²) in [5, 5.41) is 44.9. The number of carboxylic acid groups (broad SMARTS) is 1. The van der Waals surface area contributed by atoms with Gasteiger partial charge in [0.15, 0.2) is 0 Å². The number of aliphatic hydroxyl groups excluding tert-OH is 2. The lowest BCUT2D eigenvalue weighted by Gasteiger charge is -2.26. The Morgan fingerprint density at radius 2 is 1.45 bits per heavy atom. The van der Waals surface area contributed by atoms with Crippen molar-refractivity contribution in [3.8, 4) is 5.75 Å². The number of aliphatic hydroxyl groups is 2. The molecule has 9 N–H and O–H groups in total. The van der Waals surface area contributed by atoms with E-state index in [0.717, 1.165) is 0 Å². The summed E-state index contributed by atoms with van der Waals surface area (Å²) in [4.78, 5) is 48.8. The molecule has 0 spiro atoms. The fraction of sp³-hybridized carbons (Fsp3) is 0.500. The van der Waals surface area contributed by atoms with E-state index >= 15 is 0 Å². The standard InChI is InChI=1S/C20H30N4O8S/c1-9(25)15(21)18(29)24-16(10(2)26)19(30)23-14(8-33)17(28)22-13(20(31)32)7-11-3-5-12(27)6-4-11/h3-6,9-10,13-16,25-27,33H,7-8,21H2,1-2H3,(H,22,28)(H,23,30)(H,24,29)(H,31,32). The molecule has 0 saturated heterocycles. The van der Waals surface area contributed by atoms with Crippen molar-refractivity contribution in [2.24, 2.45) is 5.73 Å². The van der Waals surface area contributed by atoms with Crippen molar-refractivity contribution < 1.29 is 39.6 Å². The highest BCUT2D eigenvalue weighted by molar-refractivity contribution is 7.80. The van der Waals surface area contributed by atoms with Crippen molar-refractivity contribution in [1.29, 1.82) is 0 Å². The molecule has 0 saturated carbocycles. The normalized spacial score (nSPS) is 16.4. The average Bonchev–Trinajstić information content (AvgIpc) is 2.75. The minimum absolute atomic E-state index is 0.00155. The summed E-state index contributed by atoms with van der Waals surface area (Å²) < 4.78 is 0. The van der Waals surface area contributed by atoms with Crippen LogP contribution in [0.3, 0.4) is 0 Å². The number of nitrogens with one attached hydrogen (secondary N) is 3. The molecule has 0 aliphatic heterocycles. The Labute approximate surface area is 196 Å². The number of carboxylic acids is 1. The van der Waals surface area contributed by atoms with Gasteiger partial charge in [-0.2, -0.15) is 12.6 Å². The lowest BCUT2D eigenvalue weighted by molar-refractivity contribution is -0.142. The van der Waals surface area contributed by atoms with Gasteiger partial charge in [-0.05, 0) is 31.5 Å². The lowest BCUT2D eigenvalue weighted by atomic mass is 10.1. The van der Waals surface area contributed by atoms with E-state index < -0.39 is 60.1 Å². The van der Waals surface area contributed by atoms with Crippen molar-refractivity contribution in [3.63, 3.8) is 0 Å². The van der Waals surface area contributed by atoms with E-state index in [1.807, 2.05) is 0 Å². The monoisotopic (exact) mass is 486 g/mol. The van der Waals surface area contributed by atoms with Crippen LogP contribution < -0.4 is 21.7 Å². The van der Waals surface area contributed by atoms with Crippen LogP contribution in [-0.4, -0.2) is 86.2 Å². The van der Waals surface area contributed by atoms with E-state index in [1.165, 1.54) is 38.1 Å². The number of carbonyl (C=O) groups is 4. The molecule has 0 fully saturated rings. The number of aromatic hydroxyl groups is 1. The first kappa shape index (κ1) is 28.2. The van der Waals surface area contributed by atoms with E-state index in [-0.39, 0.29) is 17.9 Å². The van der Waals surface area contributed by atoms with Gasteiger partial charge in [0.05, 0.1) is 12.2 Å². The Bertz CT molecular complexity index is 834. The van der Waals surface area contributed by atoms with Crippen LogP contribution in [0.5, 0.6) is 5.75 Å². The van der Waals surface area contributed by atoms with Crippen molar-refractivity contribution in [3.05, 3.63) is 29.8 Å². The van der Waals surface area contributed by atoms with Gasteiger partial charge in [0.1, 0.15) is 29.9 Å². The number of nitrogens with two attached hydrogens (primary N) is 1. The number of rotatable bonds is 12. The van der Waals surface area contributed by atoms with Crippen molar-refractivity contribution in [2.45, 2.75) is 56.6 Å². The highest BCUT2D eigenvalue weighted by atomic mass is 32.1. The first-order chi connectivity index (χ1) is 15.4. The molecular formula is C20H30N4O8S. The number of amides is 3.